The number of ether oxygens (including phenoxy) is 1. The van der Waals surface area contributed by atoms with Gasteiger partial charge in [-0.2, -0.15) is 9.97 Å². The molecule has 37 heavy (non-hydrogen) atoms. The van der Waals surface area contributed by atoms with E-state index in [1.807, 2.05) is 13.8 Å². The van der Waals surface area contributed by atoms with Crippen LogP contribution in [0.2, 0.25) is 0 Å². The Morgan fingerprint density at radius 2 is 1.81 bits per heavy atom. The minimum atomic E-state index is -2.80. The van der Waals surface area contributed by atoms with E-state index in [4.69, 9.17) is 14.7 Å². The molecule has 3 aromatic heterocycles. The highest BCUT2D eigenvalue weighted by Crippen LogP contribution is 2.33. The minimum Gasteiger partial charge on any atom is -0.378 e. The monoisotopic (exact) mass is 530 g/mol. The molecule has 0 N–H and O–H groups in total. The van der Waals surface area contributed by atoms with Gasteiger partial charge in [0.15, 0.2) is 22.8 Å². The second-order valence-corrected chi connectivity index (χ2v) is 11.9. The van der Waals surface area contributed by atoms with E-state index in [0.717, 1.165) is 12.8 Å². The van der Waals surface area contributed by atoms with E-state index in [9.17, 15) is 13.0 Å². The zero-order valence-electron chi connectivity index (χ0n) is 20.5. The smallest absolute Gasteiger partial charge is 0.296 e. The van der Waals surface area contributed by atoms with Crippen LogP contribution in [0.25, 0.3) is 28.0 Å². The molecule has 0 radical (unpaired) electrons. The molecule has 1 aromatic carbocycles. The van der Waals surface area contributed by atoms with Crippen molar-refractivity contribution in [2.24, 2.45) is 0 Å². The Balaban J connectivity index is 1.52. The molecule has 196 valence electrons. The maximum Gasteiger partial charge on any atom is 0.296 e. The van der Waals surface area contributed by atoms with Crippen molar-refractivity contribution in [1.29, 1.82) is 0 Å². The summed E-state index contributed by atoms with van der Waals surface area (Å²) in [5, 5.41) is 0. The molecular formula is C24H28F2N8O2S. The second kappa shape index (κ2) is 9.30. The number of imidazole rings is 2. The molecule has 0 spiro atoms. The summed E-state index contributed by atoms with van der Waals surface area (Å²) in [6, 6.07) is 7.09. The number of aromatic nitrogens is 6. The van der Waals surface area contributed by atoms with Crippen molar-refractivity contribution in [2.45, 2.75) is 25.3 Å². The average Bonchev–Trinajstić information content (AvgIpc) is 3.50. The second-order valence-electron chi connectivity index (χ2n) is 9.49. The largest absolute Gasteiger partial charge is 0.378 e. The van der Waals surface area contributed by atoms with Gasteiger partial charge in [-0.3, -0.25) is 8.78 Å². The normalized spacial score (nSPS) is 19.7. The van der Waals surface area contributed by atoms with E-state index < -0.39 is 16.1 Å². The van der Waals surface area contributed by atoms with Crippen LogP contribution >= 0.6 is 0 Å². The maximum absolute atomic E-state index is 14.2. The lowest BCUT2D eigenvalue weighted by Gasteiger charge is -2.33. The molecule has 6 rings (SSSR count). The molecule has 13 heteroatoms. The third kappa shape index (κ3) is 4.34. The lowest BCUT2D eigenvalue weighted by Crippen LogP contribution is -2.38. The summed E-state index contributed by atoms with van der Waals surface area (Å²) >= 11 is 0. The fourth-order valence-electron chi connectivity index (χ4n) is 5.14. The molecule has 1 atom stereocenters. The summed E-state index contributed by atoms with van der Waals surface area (Å²) in [4.78, 5) is 20.5. The summed E-state index contributed by atoms with van der Waals surface area (Å²) in [6.07, 6.45) is 2.05. The number of halogens is 2. The number of morpholine rings is 1. The predicted molar refractivity (Wildman–Crippen MR) is 139 cm³/mol. The van der Waals surface area contributed by atoms with Gasteiger partial charge in [-0.05, 0) is 30.8 Å². The van der Waals surface area contributed by atoms with E-state index in [1.54, 1.807) is 36.8 Å². The molecule has 2 aliphatic rings. The lowest BCUT2D eigenvalue weighted by atomic mass is 10.1. The van der Waals surface area contributed by atoms with Gasteiger partial charge >= 0.3 is 0 Å². The van der Waals surface area contributed by atoms with Gasteiger partial charge in [-0.25, -0.2) is 23.1 Å². The first-order chi connectivity index (χ1) is 17.8. The molecule has 1 unspecified atom stereocenters. The molecule has 10 nitrogen and oxygen atoms in total. The first-order valence-corrected chi connectivity index (χ1v) is 14.3. The number of hydrogen-bond acceptors (Lipinski definition) is 7. The Morgan fingerprint density at radius 1 is 1.08 bits per heavy atom. The number of nitrogens with zero attached hydrogens (tertiary/aromatic N) is 8. The van der Waals surface area contributed by atoms with Crippen molar-refractivity contribution in [3.05, 3.63) is 36.4 Å². The third-order valence-corrected chi connectivity index (χ3v) is 8.50. The number of anilines is 1. The molecule has 0 aliphatic carbocycles. The van der Waals surface area contributed by atoms with Crippen LogP contribution in [0, 0.1) is 0 Å². The molecule has 0 saturated carbocycles. The van der Waals surface area contributed by atoms with Crippen LogP contribution in [0.4, 0.5) is 14.7 Å². The highest BCUT2D eigenvalue weighted by atomic mass is 32.2. The lowest BCUT2D eigenvalue weighted by molar-refractivity contribution is 0.122. The molecule has 2 fully saturated rings. The molecule has 4 aromatic rings. The number of para-hydroxylation sites is 2. The highest BCUT2D eigenvalue weighted by Gasteiger charge is 2.29. The van der Waals surface area contributed by atoms with E-state index >= 15 is 0 Å². The summed E-state index contributed by atoms with van der Waals surface area (Å²) < 4.78 is 51.7. The van der Waals surface area contributed by atoms with Gasteiger partial charge in [-0.15, -0.1) is 0 Å². The Morgan fingerprint density at radius 3 is 2.51 bits per heavy atom. The minimum absolute atomic E-state index is 0.0670. The van der Waals surface area contributed by atoms with Crippen molar-refractivity contribution >= 4 is 43.7 Å². The molecule has 0 amide bonds. The van der Waals surface area contributed by atoms with Gasteiger partial charge in [0.25, 0.3) is 6.43 Å². The SMILES string of the molecule is C=S(C)(=O)N1CCC(n2cnc3c(-n4c(C(F)F)nc5ccccc54)nc(N4CCOCC4)nc32)CC1. The van der Waals surface area contributed by atoms with Crippen LogP contribution in [0.5, 0.6) is 0 Å². The van der Waals surface area contributed by atoms with Gasteiger partial charge in [0, 0.05) is 48.2 Å². The number of piperidine rings is 1. The van der Waals surface area contributed by atoms with Gasteiger partial charge in [-0.1, -0.05) is 12.1 Å². The molecular weight excluding hydrogens is 502 g/mol. The first-order valence-electron chi connectivity index (χ1n) is 12.2. The van der Waals surface area contributed by atoms with Gasteiger partial charge < -0.3 is 14.2 Å². The van der Waals surface area contributed by atoms with E-state index in [0.29, 0.717) is 67.5 Å². The standard InChI is InChI=1S/C24H28F2N8O2S/c1-37(2,35)32-9-7-16(8-10-32)33-15-27-19-21(33)29-24(31-11-13-36-14-12-31)30-22(19)34-18-6-4-3-5-17(18)28-23(34)20(25)26/h3-6,15-16,20H,1,7-14H2,2H3. The van der Waals surface area contributed by atoms with E-state index in [-0.39, 0.29) is 17.7 Å². The number of rotatable bonds is 5. The number of alkyl halides is 2. The van der Waals surface area contributed by atoms with Crippen molar-refractivity contribution in [3.8, 4) is 5.82 Å². The van der Waals surface area contributed by atoms with E-state index in [2.05, 4.69) is 15.8 Å². The van der Waals surface area contributed by atoms with Crippen LogP contribution in [-0.4, -0.2) is 89.1 Å². The Hall–Kier alpha value is -3.16. The van der Waals surface area contributed by atoms with Gasteiger partial charge in [0.2, 0.25) is 5.95 Å². The topological polar surface area (TPSA) is 94.2 Å². The zero-order valence-corrected chi connectivity index (χ0v) is 21.3. The van der Waals surface area contributed by atoms with Crippen LogP contribution in [-0.2, 0) is 14.4 Å². The molecule has 2 aliphatic heterocycles. The molecule has 2 saturated heterocycles. The maximum atomic E-state index is 14.2. The Kier molecular flexibility index (Phi) is 6.08. The Bertz CT molecular complexity index is 1550. The van der Waals surface area contributed by atoms with Crippen LogP contribution in [0.15, 0.2) is 30.6 Å². The molecule has 5 heterocycles. The Labute approximate surface area is 213 Å². The summed E-state index contributed by atoms with van der Waals surface area (Å²) in [5.74, 6) is 4.15. The van der Waals surface area contributed by atoms with Gasteiger partial charge in [0.1, 0.15) is 0 Å². The fourth-order valence-corrected chi connectivity index (χ4v) is 6.12. The van der Waals surface area contributed by atoms with Crippen molar-refractivity contribution in [1.82, 2.24) is 33.4 Å². The highest BCUT2D eigenvalue weighted by molar-refractivity contribution is 7.97. The predicted octanol–water partition coefficient (Wildman–Crippen LogP) is 2.84. The van der Waals surface area contributed by atoms with E-state index in [1.165, 1.54) is 4.57 Å². The first kappa shape index (κ1) is 24.2. The number of benzene rings is 1. The van der Waals surface area contributed by atoms with Crippen molar-refractivity contribution in [3.63, 3.8) is 0 Å². The fraction of sp³-hybridized carbons (Fsp3) is 0.458. The van der Waals surface area contributed by atoms with Crippen LogP contribution in [0.3, 0.4) is 0 Å². The van der Waals surface area contributed by atoms with Crippen molar-refractivity contribution < 1.29 is 17.7 Å². The molecule has 0 bridgehead atoms. The average molecular weight is 531 g/mol. The van der Waals surface area contributed by atoms with Crippen LogP contribution < -0.4 is 4.90 Å². The summed E-state index contributed by atoms with van der Waals surface area (Å²) in [5.41, 5.74) is 2.00. The van der Waals surface area contributed by atoms with Crippen molar-refractivity contribution in [2.75, 3.05) is 50.5 Å². The third-order valence-electron chi connectivity index (χ3n) is 7.04. The summed E-state index contributed by atoms with van der Waals surface area (Å²) in [7, 11) is -2.27. The summed E-state index contributed by atoms with van der Waals surface area (Å²) in [6.45, 7) is 3.53. The quantitative estimate of drug-likeness (QED) is 0.366. The van der Waals surface area contributed by atoms with Crippen LogP contribution in [0.1, 0.15) is 31.1 Å². The zero-order chi connectivity index (χ0) is 25.7. The number of fused-ring (bicyclic) bond motifs is 2. The number of hydrogen-bond donors (Lipinski definition) is 0. The van der Waals surface area contributed by atoms with Gasteiger partial charge in [0.05, 0.1) is 30.6 Å².